The van der Waals surface area contributed by atoms with Gasteiger partial charge in [-0.3, -0.25) is 0 Å². The van der Waals surface area contributed by atoms with Crippen LogP contribution in [0.2, 0.25) is 0 Å². The Kier molecular flexibility index (Phi) is 4.13. The monoisotopic (exact) mass is 276 g/mol. The SMILES string of the molecule is OC1CCCCC(c2ccc(C(F)(F)F)c(F)c2)C1. The van der Waals surface area contributed by atoms with Gasteiger partial charge in [0.1, 0.15) is 5.82 Å². The van der Waals surface area contributed by atoms with Crippen molar-refractivity contribution in [2.24, 2.45) is 0 Å². The third-order valence-electron chi connectivity index (χ3n) is 3.67. The highest BCUT2D eigenvalue weighted by molar-refractivity contribution is 5.29. The molecule has 106 valence electrons. The summed E-state index contributed by atoms with van der Waals surface area (Å²) >= 11 is 0. The van der Waals surface area contributed by atoms with Crippen LogP contribution in [0.3, 0.4) is 0 Å². The van der Waals surface area contributed by atoms with Gasteiger partial charge < -0.3 is 5.11 Å². The third-order valence-corrected chi connectivity index (χ3v) is 3.67. The summed E-state index contributed by atoms with van der Waals surface area (Å²) in [7, 11) is 0. The first-order valence-electron chi connectivity index (χ1n) is 6.42. The highest BCUT2D eigenvalue weighted by Crippen LogP contribution is 2.36. The van der Waals surface area contributed by atoms with Gasteiger partial charge in [-0.05, 0) is 42.9 Å². The van der Waals surface area contributed by atoms with Gasteiger partial charge in [0, 0.05) is 0 Å². The van der Waals surface area contributed by atoms with Gasteiger partial charge in [0.15, 0.2) is 0 Å². The molecule has 0 radical (unpaired) electrons. The number of rotatable bonds is 1. The molecule has 1 nitrogen and oxygen atoms in total. The van der Waals surface area contributed by atoms with E-state index in [1.165, 1.54) is 6.07 Å². The molecule has 1 saturated carbocycles. The quantitative estimate of drug-likeness (QED) is 0.600. The van der Waals surface area contributed by atoms with Crippen LogP contribution in [-0.2, 0) is 6.18 Å². The van der Waals surface area contributed by atoms with Crippen molar-refractivity contribution in [3.8, 4) is 0 Å². The van der Waals surface area contributed by atoms with Crippen molar-refractivity contribution in [1.29, 1.82) is 0 Å². The van der Waals surface area contributed by atoms with Gasteiger partial charge in [-0.25, -0.2) is 4.39 Å². The van der Waals surface area contributed by atoms with Crippen molar-refractivity contribution in [2.75, 3.05) is 0 Å². The number of hydrogen-bond donors (Lipinski definition) is 1. The predicted molar refractivity (Wildman–Crippen MR) is 63.2 cm³/mol. The highest BCUT2D eigenvalue weighted by Gasteiger charge is 2.34. The first-order valence-corrected chi connectivity index (χ1v) is 6.42. The minimum absolute atomic E-state index is 0.0608. The second-order valence-corrected chi connectivity index (χ2v) is 5.11. The van der Waals surface area contributed by atoms with Crippen molar-refractivity contribution in [3.05, 3.63) is 35.1 Å². The maximum absolute atomic E-state index is 13.5. The van der Waals surface area contributed by atoms with Crippen molar-refractivity contribution >= 4 is 0 Å². The summed E-state index contributed by atoms with van der Waals surface area (Å²) in [4.78, 5) is 0. The lowest BCUT2D eigenvalue weighted by molar-refractivity contribution is -0.140. The molecule has 1 N–H and O–H groups in total. The molecule has 19 heavy (non-hydrogen) atoms. The Morgan fingerprint density at radius 1 is 1.11 bits per heavy atom. The van der Waals surface area contributed by atoms with E-state index in [1.54, 1.807) is 0 Å². The molecule has 5 heteroatoms. The zero-order valence-corrected chi connectivity index (χ0v) is 10.4. The molecule has 1 aromatic rings. The summed E-state index contributed by atoms with van der Waals surface area (Å²) in [5.74, 6) is -1.29. The number of hydrogen-bond acceptors (Lipinski definition) is 1. The van der Waals surface area contributed by atoms with Crippen LogP contribution in [0.4, 0.5) is 17.6 Å². The van der Waals surface area contributed by atoms with Crippen LogP contribution < -0.4 is 0 Å². The molecule has 0 aliphatic heterocycles. The van der Waals surface area contributed by atoms with E-state index in [1.807, 2.05) is 0 Å². The Morgan fingerprint density at radius 2 is 1.79 bits per heavy atom. The summed E-state index contributed by atoms with van der Waals surface area (Å²) < 4.78 is 50.9. The first-order chi connectivity index (χ1) is 8.88. The molecule has 0 heterocycles. The zero-order valence-electron chi connectivity index (χ0n) is 10.4. The van der Waals surface area contributed by atoms with E-state index in [4.69, 9.17) is 0 Å². The molecule has 0 saturated heterocycles. The first kappa shape index (κ1) is 14.3. The molecule has 0 amide bonds. The maximum Gasteiger partial charge on any atom is 0.419 e. The van der Waals surface area contributed by atoms with Crippen LogP contribution in [0.15, 0.2) is 18.2 Å². The Morgan fingerprint density at radius 3 is 2.42 bits per heavy atom. The Bertz CT molecular complexity index is 442. The molecule has 1 aliphatic rings. The Labute approximate surface area is 109 Å². The average molecular weight is 276 g/mol. The summed E-state index contributed by atoms with van der Waals surface area (Å²) in [6, 6.07) is 3.09. The second kappa shape index (κ2) is 5.49. The van der Waals surface area contributed by atoms with Gasteiger partial charge in [-0.1, -0.05) is 18.9 Å². The van der Waals surface area contributed by atoms with E-state index < -0.39 is 23.7 Å². The third kappa shape index (κ3) is 3.47. The van der Waals surface area contributed by atoms with Crippen molar-refractivity contribution in [2.45, 2.75) is 50.3 Å². The van der Waals surface area contributed by atoms with E-state index in [-0.39, 0.29) is 5.92 Å². The average Bonchev–Trinajstić information content (AvgIpc) is 2.52. The summed E-state index contributed by atoms with van der Waals surface area (Å²) in [6.45, 7) is 0. The van der Waals surface area contributed by atoms with Gasteiger partial charge in [-0.2, -0.15) is 13.2 Å². The van der Waals surface area contributed by atoms with E-state index in [9.17, 15) is 22.7 Å². The number of halogens is 4. The molecular formula is C14H16F4O. The van der Waals surface area contributed by atoms with E-state index >= 15 is 0 Å². The minimum Gasteiger partial charge on any atom is -0.393 e. The Hall–Kier alpha value is -1.10. The number of benzene rings is 1. The molecule has 2 unspecified atom stereocenters. The standard InChI is InChI=1S/C14H16F4O/c15-13-8-10(5-6-12(13)14(16,17)18)9-3-1-2-4-11(19)7-9/h5-6,8-9,11,19H,1-4,7H2. The lowest BCUT2D eigenvalue weighted by atomic mass is 9.90. The smallest absolute Gasteiger partial charge is 0.393 e. The van der Waals surface area contributed by atoms with Crippen LogP contribution in [0.5, 0.6) is 0 Å². The van der Waals surface area contributed by atoms with E-state index in [0.29, 0.717) is 18.4 Å². The number of aliphatic hydroxyl groups excluding tert-OH is 1. The van der Waals surface area contributed by atoms with E-state index in [0.717, 1.165) is 31.4 Å². The molecule has 0 aromatic heterocycles. The number of aliphatic hydroxyl groups is 1. The fourth-order valence-electron chi connectivity index (χ4n) is 2.65. The normalized spacial score (nSPS) is 25.1. The molecule has 1 aromatic carbocycles. The molecule has 1 aliphatic carbocycles. The van der Waals surface area contributed by atoms with Gasteiger partial charge in [0.25, 0.3) is 0 Å². The molecule has 1 fully saturated rings. The summed E-state index contributed by atoms with van der Waals surface area (Å²) in [5, 5.41) is 9.70. The van der Waals surface area contributed by atoms with Crippen LogP contribution in [0.1, 0.15) is 49.1 Å². The number of alkyl halides is 3. The second-order valence-electron chi connectivity index (χ2n) is 5.11. The van der Waals surface area contributed by atoms with Crippen molar-refractivity contribution in [1.82, 2.24) is 0 Å². The predicted octanol–water partition coefficient (Wildman–Crippen LogP) is 4.25. The lowest BCUT2D eigenvalue weighted by Gasteiger charge is -2.18. The van der Waals surface area contributed by atoms with Gasteiger partial charge in [0.05, 0.1) is 11.7 Å². The topological polar surface area (TPSA) is 20.2 Å². The molecule has 0 bridgehead atoms. The maximum atomic E-state index is 13.5. The Balaban J connectivity index is 2.24. The van der Waals surface area contributed by atoms with Gasteiger partial charge in [0.2, 0.25) is 0 Å². The van der Waals surface area contributed by atoms with Crippen LogP contribution in [0, 0.1) is 5.82 Å². The molecule has 2 rings (SSSR count). The van der Waals surface area contributed by atoms with Gasteiger partial charge in [-0.15, -0.1) is 0 Å². The lowest BCUT2D eigenvalue weighted by Crippen LogP contribution is -2.12. The van der Waals surface area contributed by atoms with Gasteiger partial charge >= 0.3 is 6.18 Å². The minimum atomic E-state index is -4.66. The summed E-state index contributed by atoms with van der Waals surface area (Å²) in [5.41, 5.74) is -0.683. The summed E-state index contributed by atoms with van der Waals surface area (Å²) in [6.07, 6.45) is -1.32. The largest absolute Gasteiger partial charge is 0.419 e. The van der Waals surface area contributed by atoms with Crippen LogP contribution in [-0.4, -0.2) is 11.2 Å². The van der Waals surface area contributed by atoms with E-state index in [2.05, 4.69) is 0 Å². The van der Waals surface area contributed by atoms with Crippen molar-refractivity contribution < 1.29 is 22.7 Å². The molecule has 0 spiro atoms. The molecule has 2 atom stereocenters. The molecular weight excluding hydrogens is 260 g/mol. The fourth-order valence-corrected chi connectivity index (χ4v) is 2.65. The van der Waals surface area contributed by atoms with Crippen molar-refractivity contribution in [3.63, 3.8) is 0 Å². The zero-order chi connectivity index (χ0) is 14.0. The highest BCUT2D eigenvalue weighted by atomic mass is 19.4. The van der Waals surface area contributed by atoms with Crippen LogP contribution >= 0.6 is 0 Å². The van der Waals surface area contributed by atoms with Crippen LogP contribution in [0.25, 0.3) is 0 Å². The fraction of sp³-hybridized carbons (Fsp3) is 0.571.